The Hall–Kier alpha value is -3.39. The topological polar surface area (TPSA) is 130 Å². The summed E-state index contributed by atoms with van der Waals surface area (Å²) in [4.78, 5) is 46.4. The minimum Gasteiger partial charge on any atom is -0.475 e. The number of unbranched alkanes of at least 4 members (excludes halogenated alkanes) is 1. The number of nitrogens with zero attached hydrogens (tertiary/aromatic N) is 1. The number of carboxylic acid groups (broad SMARTS) is 1. The summed E-state index contributed by atoms with van der Waals surface area (Å²) in [6.07, 6.45) is -2.92. The minimum atomic E-state index is -5.08. The number of imide groups is 1. The first kappa shape index (κ1) is 23.9. The Morgan fingerprint density at radius 2 is 1.97 bits per heavy atom. The summed E-state index contributed by atoms with van der Waals surface area (Å²) in [6, 6.07) is 4.85. The minimum absolute atomic E-state index is 0.176. The van der Waals surface area contributed by atoms with E-state index in [9.17, 15) is 27.6 Å². The molecule has 1 aromatic carbocycles. The van der Waals surface area contributed by atoms with E-state index in [-0.39, 0.29) is 18.2 Å². The summed E-state index contributed by atoms with van der Waals surface area (Å²) in [7, 11) is 0. The largest absolute Gasteiger partial charge is 0.490 e. The first-order chi connectivity index (χ1) is 14.6. The fraction of sp³-hybridized carbons (Fsp3) is 0.400. The van der Waals surface area contributed by atoms with Crippen molar-refractivity contribution in [3.63, 3.8) is 0 Å². The van der Waals surface area contributed by atoms with Gasteiger partial charge in [0.2, 0.25) is 11.8 Å². The van der Waals surface area contributed by atoms with Crippen molar-refractivity contribution in [1.82, 2.24) is 10.2 Å². The molecule has 0 bridgehead atoms. The molecule has 1 unspecified atom stereocenters. The monoisotopic (exact) mass is 439 g/mol. The molecular weight excluding hydrogens is 419 g/mol. The summed E-state index contributed by atoms with van der Waals surface area (Å²) >= 11 is 0. The van der Waals surface area contributed by atoms with Gasteiger partial charge in [0.15, 0.2) is 0 Å². The highest BCUT2D eigenvalue weighted by Gasteiger charge is 2.40. The normalized spacial score (nSPS) is 17.7. The van der Waals surface area contributed by atoms with E-state index < -0.39 is 24.1 Å². The molecule has 8 nitrogen and oxygen atoms in total. The van der Waals surface area contributed by atoms with Crippen LogP contribution in [0, 0.1) is 11.8 Å². The SMILES string of the molecule is NCCCC#Cc1cccc2c1CN(C1CCC(=O)NC1=O)C2=O.O=C(O)C(F)(F)F. The molecule has 0 radical (unpaired) electrons. The average Bonchev–Trinajstić information content (AvgIpc) is 3.02. The molecular formula is C20H20F3N3O5. The van der Waals surface area contributed by atoms with Crippen molar-refractivity contribution in [2.75, 3.05) is 6.54 Å². The van der Waals surface area contributed by atoms with Crippen LogP contribution in [0.4, 0.5) is 13.2 Å². The molecule has 166 valence electrons. The van der Waals surface area contributed by atoms with Gasteiger partial charge < -0.3 is 15.7 Å². The highest BCUT2D eigenvalue weighted by Crippen LogP contribution is 2.29. The zero-order valence-corrected chi connectivity index (χ0v) is 16.3. The molecule has 2 aliphatic heterocycles. The predicted molar refractivity (Wildman–Crippen MR) is 101 cm³/mol. The Kier molecular flexibility index (Phi) is 7.77. The lowest BCUT2D eigenvalue weighted by Crippen LogP contribution is -2.52. The summed E-state index contributed by atoms with van der Waals surface area (Å²) in [6.45, 7) is 0.950. The number of carbonyl (C=O) groups is 4. The number of nitrogens with two attached hydrogens (primary N) is 1. The Labute approximate surface area is 175 Å². The Balaban J connectivity index is 0.000000423. The number of aliphatic carboxylic acids is 1. The molecule has 31 heavy (non-hydrogen) atoms. The number of alkyl halides is 3. The van der Waals surface area contributed by atoms with Crippen LogP contribution in [0.1, 0.15) is 47.2 Å². The third kappa shape index (κ3) is 6.05. The number of rotatable bonds is 3. The summed E-state index contributed by atoms with van der Waals surface area (Å²) in [5.74, 6) is 2.56. The second kappa shape index (κ2) is 10.1. The van der Waals surface area contributed by atoms with Crippen LogP contribution in [0.5, 0.6) is 0 Å². The quantitative estimate of drug-likeness (QED) is 0.368. The van der Waals surface area contributed by atoms with Crippen LogP contribution < -0.4 is 11.1 Å². The summed E-state index contributed by atoms with van der Waals surface area (Å²) < 4.78 is 31.7. The summed E-state index contributed by atoms with van der Waals surface area (Å²) in [5.41, 5.74) is 7.71. The van der Waals surface area contributed by atoms with Gasteiger partial charge in [-0.3, -0.25) is 19.7 Å². The van der Waals surface area contributed by atoms with Crippen molar-refractivity contribution in [3.05, 3.63) is 34.9 Å². The van der Waals surface area contributed by atoms with Crippen LogP contribution in [0.3, 0.4) is 0 Å². The van der Waals surface area contributed by atoms with Crippen molar-refractivity contribution in [2.45, 2.75) is 44.4 Å². The number of benzene rings is 1. The van der Waals surface area contributed by atoms with E-state index in [0.717, 1.165) is 17.5 Å². The van der Waals surface area contributed by atoms with Gasteiger partial charge in [-0.25, -0.2) is 4.79 Å². The number of hydrogen-bond donors (Lipinski definition) is 3. The summed E-state index contributed by atoms with van der Waals surface area (Å²) in [5, 5.41) is 9.43. The van der Waals surface area contributed by atoms with Gasteiger partial charge in [-0.1, -0.05) is 17.9 Å². The maximum absolute atomic E-state index is 12.6. The van der Waals surface area contributed by atoms with Crippen LogP contribution in [-0.2, 0) is 20.9 Å². The fourth-order valence-corrected chi connectivity index (χ4v) is 3.05. The number of halogens is 3. The van der Waals surface area contributed by atoms with E-state index in [0.29, 0.717) is 31.5 Å². The molecule has 2 heterocycles. The second-order valence-corrected chi connectivity index (χ2v) is 6.73. The van der Waals surface area contributed by atoms with E-state index in [2.05, 4.69) is 17.2 Å². The molecule has 4 N–H and O–H groups in total. The van der Waals surface area contributed by atoms with Crippen LogP contribution in [0.15, 0.2) is 18.2 Å². The van der Waals surface area contributed by atoms with E-state index >= 15 is 0 Å². The van der Waals surface area contributed by atoms with E-state index in [4.69, 9.17) is 15.6 Å². The molecule has 1 aromatic rings. The lowest BCUT2D eigenvalue weighted by molar-refractivity contribution is -0.192. The number of amides is 3. The average molecular weight is 439 g/mol. The first-order valence-electron chi connectivity index (χ1n) is 9.31. The van der Waals surface area contributed by atoms with Gasteiger partial charge in [0.1, 0.15) is 6.04 Å². The fourth-order valence-electron chi connectivity index (χ4n) is 3.05. The molecule has 1 atom stereocenters. The van der Waals surface area contributed by atoms with Gasteiger partial charge in [-0.05, 0) is 37.1 Å². The van der Waals surface area contributed by atoms with Crippen molar-refractivity contribution in [3.8, 4) is 11.8 Å². The van der Waals surface area contributed by atoms with Gasteiger partial charge in [-0.15, -0.1) is 0 Å². The Bertz CT molecular complexity index is 950. The smallest absolute Gasteiger partial charge is 0.475 e. The number of carboxylic acids is 1. The number of carbonyl (C=O) groups excluding carboxylic acids is 3. The van der Waals surface area contributed by atoms with Gasteiger partial charge in [0.05, 0.1) is 0 Å². The molecule has 0 spiro atoms. The van der Waals surface area contributed by atoms with Gasteiger partial charge in [-0.2, -0.15) is 13.2 Å². The molecule has 11 heteroatoms. The van der Waals surface area contributed by atoms with Gasteiger partial charge in [0, 0.05) is 30.5 Å². The molecule has 3 amide bonds. The lowest BCUT2D eigenvalue weighted by atomic mass is 10.0. The molecule has 1 saturated heterocycles. The van der Waals surface area contributed by atoms with Gasteiger partial charge in [0.25, 0.3) is 5.91 Å². The Morgan fingerprint density at radius 1 is 1.29 bits per heavy atom. The lowest BCUT2D eigenvalue weighted by Gasteiger charge is -2.29. The number of hydrogen-bond acceptors (Lipinski definition) is 5. The zero-order chi connectivity index (χ0) is 23.2. The molecule has 0 aliphatic carbocycles. The highest BCUT2D eigenvalue weighted by molar-refractivity contribution is 6.05. The van der Waals surface area contributed by atoms with Crippen LogP contribution in [-0.4, -0.2) is 52.5 Å². The van der Waals surface area contributed by atoms with Crippen molar-refractivity contribution in [1.29, 1.82) is 0 Å². The molecule has 0 saturated carbocycles. The van der Waals surface area contributed by atoms with Crippen molar-refractivity contribution in [2.24, 2.45) is 5.73 Å². The number of piperidine rings is 1. The maximum atomic E-state index is 12.6. The third-order valence-electron chi connectivity index (χ3n) is 4.55. The van der Waals surface area contributed by atoms with Crippen LogP contribution in [0.25, 0.3) is 0 Å². The highest BCUT2D eigenvalue weighted by atomic mass is 19.4. The van der Waals surface area contributed by atoms with Gasteiger partial charge >= 0.3 is 12.1 Å². The second-order valence-electron chi connectivity index (χ2n) is 6.73. The zero-order valence-electron chi connectivity index (χ0n) is 16.3. The number of fused-ring (bicyclic) bond motifs is 1. The molecule has 3 rings (SSSR count). The van der Waals surface area contributed by atoms with Crippen LogP contribution >= 0.6 is 0 Å². The molecule has 0 aromatic heterocycles. The Morgan fingerprint density at radius 3 is 2.55 bits per heavy atom. The van der Waals surface area contributed by atoms with Crippen LogP contribution in [0.2, 0.25) is 0 Å². The molecule has 1 fully saturated rings. The van der Waals surface area contributed by atoms with Crippen molar-refractivity contribution >= 4 is 23.7 Å². The number of nitrogens with one attached hydrogen (secondary N) is 1. The van der Waals surface area contributed by atoms with E-state index in [1.807, 2.05) is 6.07 Å². The van der Waals surface area contributed by atoms with E-state index in [1.54, 1.807) is 12.1 Å². The molecule has 2 aliphatic rings. The van der Waals surface area contributed by atoms with E-state index in [1.165, 1.54) is 4.90 Å². The third-order valence-corrected chi connectivity index (χ3v) is 4.55. The van der Waals surface area contributed by atoms with Crippen molar-refractivity contribution < 1.29 is 37.5 Å². The maximum Gasteiger partial charge on any atom is 0.490 e. The standard InChI is InChI=1S/C18H19N3O3.C2HF3O2/c19-10-3-1-2-5-12-6-4-7-13-14(12)11-21(18(13)24)15-8-9-16(22)20-17(15)23;3-2(4,5)1(6)7/h4,6-7,15H,1,3,8-11,19H2,(H,20,22,23);(H,6,7). The predicted octanol–water partition coefficient (Wildman–Crippen LogP) is 1.17. The first-order valence-corrected chi connectivity index (χ1v) is 9.31.